The second-order valence-electron chi connectivity index (χ2n) is 15.6. The molecule has 2 rings (SSSR count). The molecule has 436 valence electrons. The Kier molecular flexibility index (Phi) is 43.7. The number of amides is 4. The van der Waals surface area contributed by atoms with Gasteiger partial charge in [0.05, 0.1) is 222 Å². The summed E-state index contributed by atoms with van der Waals surface area (Å²) in [6.45, 7) is 11.9. The Bertz CT molecular complexity index is 1590. The average Bonchev–Trinajstić information content (AvgIpc) is 3.77. The molecule has 3 N–H and O–H groups in total. The zero-order valence-corrected chi connectivity index (χ0v) is 44.4. The minimum Gasteiger partial charge on any atom is -0.492 e. The van der Waals surface area contributed by atoms with Crippen molar-refractivity contribution in [2.45, 2.75) is 12.8 Å². The van der Waals surface area contributed by atoms with E-state index in [2.05, 4.69) is 10.6 Å². The number of aliphatic carboxylic acids is 1. The van der Waals surface area contributed by atoms with Crippen molar-refractivity contribution in [2.75, 3.05) is 237 Å². The molecule has 26 nitrogen and oxygen atoms in total. The number of hydrogen-bond donors (Lipinski definition) is 3. The lowest BCUT2D eigenvalue weighted by atomic mass is 10.0. The summed E-state index contributed by atoms with van der Waals surface area (Å²) in [4.78, 5) is 64.9. The summed E-state index contributed by atoms with van der Waals surface area (Å²) in [5, 5.41) is 14.6. The molecule has 1 aliphatic rings. The van der Waals surface area contributed by atoms with E-state index in [1.165, 1.54) is 12.1 Å². The summed E-state index contributed by atoms with van der Waals surface area (Å²) in [5.41, 5.74) is -0.398. The molecule has 76 heavy (non-hydrogen) atoms. The summed E-state index contributed by atoms with van der Waals surface area (Å²) < 4.78 is 92.3. The van der Waals surface area contributed by atoms with Crippen molar-refractivity contribution in [2.24, 2.45) is 0 Å². The number of rotatable bonds is 56. The highest BCUT2D eigenvalue weighted by molar-refractivity contribution is 6.28. The van der Waals surface area contributed by atoms with Crippen LogP contribution in [0.15, 0.2) is 24.3 Å². The van der Waals surface area contributed by atoms with E-state index >= 15 is 0 Å². The predicted octanol–water partition coefficient (Wildman–Crippen LogP) is 0.344. The Labute approximate surface area is 445 Å². The number of carbonyl (C=O) groups excluding carboxylic acids is 4. The first kappa shape index (κ1) is 67.8. The molecule has 4 amide bonds. The maximum absolute atomic E-state index is 13.7. The van der Waals surface area contributed by atoms with E-state index in [4.69, 9.17) is 80.5 Å². The van der Waals surface area contributed by atoms with Crippen LogP contribution < -0.4 is 20.3 Å². The van der Waals surface area contributed by atoms with E-state index < -0.39 is 29.6 Å². The highest BCUT2D eigenvalue weighted by Gasteiger charge is 2.30. The van der Waals surface area contributed by atoms with Gasteiger partial charge < -0.3 is 96.3 Å². The molecule has 0 unspecified atom stereocenters. The number of nitrogens with zero attached hydrogens (tertiary/aromatic N) is 1. The molecule has 1 aromatic rings. The number of hydrogen-bond acceptors (Lipinski definition) is 22. The first-order valence-electron chi connectivity index (χ1n) is 25.5. The molecule has 0 aromatic heterocycles. The normalized spacial score (nSPS) is 12.3. The predicted molar refractivity (Wildman–Crippen MR) is 270 cm³/mol. The zero-order valence-electron chi connectivity index (χ0n) is 44.4. The second-order valence-corrected chi connectivity index (χ2v) is 15.6. The third-order valence-electron chi connectivity index (χ3n) is 9.80. The van der Waals surface area contributed by atoms with Gasteiger partial charge in [-0.3, -0.25) is 24.0 Å². The third-order valence-corrected chi connectivity index (χ3v) is 9.80. The SMILES string of the molecule is COCCOCCOCCOCCOCCOCCOCCOCCNC(=O)c1cc(N2C(=O)C=CC2=O)cc(C(=O)NCCOCCOCCOCCOCCOCCOCCOCCOC)c1OCCCC(=O)O. The number of benzene rings is 1. The quantitative estimate of drug-likeness (QED) is 0.0586. The first-order chi connectivity index (χ1) is 37.3. The molecule has 0 aliphatic carbocycles. The van der Waals surface area contributed by atoms with Gasteiger partial charge >= 0.3 is 5.97 Å². The molecular formula is C50H83N3O23. The van der Waals surface area contributed by atoms with E-state index in [0.717, 1.165) is 17.1 Å². The van der Waals surface area contributed by atoms with E-state index in [1.54, 1.807) is 14.2 Å². The van der Waals surface area contributed by atoms with Crippen LogP contribution in [-0.2, 0) is 90.2 Å². The number of imide groups is 1. The van der Waals surface area contributed by atoms with Crippen LogP contribution in [0.5, 0.6) is 5.75 Å². The fraction of sp³-hybridized carbons (Fsp3) is 0.740. The fourth-order valence-electron chi connectivity index (χ4n) is 6.08. The molecular weight excluding hydrogens is 1010 g/mol. The molecule has 0 saturated carbocycles. The van der Waals surface area contributed by atoms with Gasteiger partial charge in [0.25, 0.3) is 23.6 Å². The van der Waals surface area contributed by atoms with Gasteiger partial charge in [-0.05, 0) is 18.6 Å². The van der Waals surface area contributed by atoms with Crippen LogP contribution in [0, 0.1) is 0 Å². The van der Waals surface area contributed by atoms with E-state index in [9.17, 15) is 29.1 Å². The summed E-state index contributed by atoms with van der Waals surface area (Å²) in [6.07, 6.45) is 1.96. The van der Waals surface area contributed by atoms with Gasteiger partial charge in [0.2, 0.25) is 0 Å². The van der Waals surface area contributed by atoms with Crippen molar-refractivity contribution < 1.29 is 110 Å². The molecule has 1 aliphatic heterocycles. The van der Waals surface area contributed by atoms with Crippen LogP contribution in [0.1, 0.15) is 33.6 Å². The highest BCUT2D eigenvalue weighted by Crippen LogP contribution is 2.32. The molecule has 0 atom stereocenters. The molecule has 0 spiro atoms. The van der Waals surface area contributed by atoms with Crippen LogP contribution in [0.25, 0.3) is 0 Å². The lowest BCUT2D eigenvalue weighted by molar-refractivity contribution is -0.137. The largest absolute Gasteiger partial charge is 0.492 e. The number of carboxylic acids is 1. The van der Waals surface area contributed by atoms with Gasteiger partial charge in [-0.1, -0.05) is 0 Å². The topological polar surface area (TPSA) is 290 Å². The minimum atomic E-state index is -1.06. The summed E-state index contributed by atoms with van der Waals surface area (Å²) in [6, 6.07) is 2.51. The van der Waals surface area contributed by atoms with Gasteiger partial charge in [0.1, 0.15) is 5.75 Å². The Morgan fingerprint density at radius 1 is 0.408 bits per heavy atom. The molecule has 0 fully saturated rings. The standard InChI is InChI=1S/C50H83N3O23/c1-60-12-14-64-20-22-68-28-30-72-36-38-74-34-32-70-26-24-66-18-16-62-10-7-51-49(58)43-40-42(53-45(54)5-6-46(53)55)41-44(48(43)76-9-3-4-47(56)57)50(59)52-8-11-63-17-19-67-25-27-71-33-35-75-39-37-73-31-29-69-23-21-65-15-13-61-2/h5-6,40-41H,3-4,7-39H2,1-2H3,(H,51,58)(H,52,59)(H,56,57). The van der Waals surface area contributed by atoms with Gasteiger partial charge in [-0.15, -0.1) is 0 Å². The van der Waals surface area contributed by atoms with Crippen molar-refractivity contribution in [3.63, 3.8) is 0 Å². The zero-order chi connectivity index (χ0) is 54.8. The second kappa shape index (κ2) is 49.0. The van der Waals surface area contributed by atoms with Crippen molar-refractivity contribution in [3.8, 4) is 5.75 Å². The Morgan fingerprint density at radius 3 is 0.934 bits per heavy atom. The van der Waals surface area contributed by atoms with E-state index in [1.807, 2.05) is 0 Å². The van der Waals surface area contributed by atoms with Crippen LogP contribution in [-0.4, -0.2) is 267 Å². The summed E-state index contributed by atoms with van der Waals surface area (Å²) in [5.74, 6) is -4.00. The van der Waals surface area contributed by atoms with Gasteiger partial charge in [0.15, 0.2) is 0 Å². The smallest absolute Gasteiger partial charge is 0.303 e. The summed E-state index contributed by atoms with van der Waals surface area (Å²) >= 11 is 0. The number of carboxylic acid groups (broad SMARTS) is 1. The highest BCUT2D eigenvalue weighted by atomic mass is 16.6. The number of methoxy groups -OCH3 is 2. The van der Waals surface area contributed by atoms with Crippen LogP contribution in [0.3, 0.4) is 0 Å². The molecule has 0 radical (unpaired) electrons. The molecule has 26 heteroatoms. The van der Waals surface area contributed by atoms with Crippen molar-refractivity contribution >= 4 is 35.3 Å². The lowest BCUT2D eigenvalue weighted by Crippen LogP contribution is -2.33. The number of nitrogens with one attached hydrogen (secondary N) is 2. The average molecular weight is 1090 g/mol. The molecule has 1 aromatic carbocycles. The van der Waals surface area contributed by atoms with E-state index in [-0.39, 0.29) is 94.7 Å². The van der Waals surface area contributed by atoms with Gasteiger partial charge in [0, 0.05) is 45.9 Å². The van der Waals surface area contributed by atoms with Gasteiger partial charge in [-0.25, -0.2) is 4.90 Å². The van der Waals surface area contributed by atoms with Crippen LogP contribution in [0.4, 0.5) is 5.69 Å². The molecule has 0 bridgehead atoms. The maximum Gasteiger partial charge on any atom is 0.303 e. The summed E-state index contributed by atoms with van der Waals surface area (Å²) in [7, 11) is 3.24. The number of ether oxygens (including phenoxy) is 17. The van der Waals surface area contributed by atoms with Crippen molar-refractivity contribution in [3.05, 3.63) is 35.4 Å². The number of carbonyl (C=O) groups is 5. The van der Waals surface area contributed by atoms with Crippen LogP contribution in [0.2, 0.25) is 0 Å². The molecule has 0 saturated heterocycles. The first-order valence-corrected chi connectivity index (χ1v) is 25.5. The van der Waals surface area contributed by atoms with Crippen molar-refractivity contribution in [1.29, 1.82) is 0 Å². The fourth-order valence-corrected chi connectivity index (χ4v) is 6.08. The monoisotopic (exact) mass is 1090 g/mol. The minimum absolute atomic E-state index is 0.0324. The van der Waals surface area contributed by atoms with E-state index in [0.29, 0.717) is 159 Å². The molecule has 1 heterocycles. The third kappa shape index (κ3) is 35.9. The van der Waals surface area contributed by atoms with Crippen molar-refractivity contribution in [1.82, 2.24) is 10.6 Å². The maximum atomic E-state index is 13.7. The lowest BCUT2D eigenvalue weighted by Gasteiger charge is -2.21. The Balaban J connectivity index is 1.68. The number of anilines is 1. The Hall–Kier alpha value is -4.33. The van der Waals surface area contributed by atoms with Crippen LogP contribution >= 0.6 is 0 Å². The van der Waals surface area contributed by atoms with Gasteiger partial charge in [-0.2, -0.15) is 0 Å². The Morgan fingerprint density at radius 2 is 0.671 bits per heavy atom.